The number of hydrogen-bond acceptors (Lipinski definition) is 5. The monoisotopic (exact) mass is 345 g/mol. The molecule has 3 rings (SSSR count). The quantitative estimate of drug-likeness (QED) is 0.860. The Bertz CT molecular complexity index is 801. The maximum Gasteiger partial charge on any atom is 0.353 e. The molecule has 1 aromatic heterocycles. The number of carbonyl (C=O) groups is 2. The zero-order valence-electron chi connectivity index (χ0n) is 14.0. The molecule has 0 saturated carbocycles. The van der Waals surface area contributed by atoms with E-state index in [0.717, 1.165) is 18.4 Å². The summed E-state index contributed by atoms with van der Waals surface area (Å²) in [5.41, 5.74) is 0.876. The third kappa shape index (κ3) is 3.15. The standard InChI is InChI=1S/C17H19N3O5/c1-24-10-5-6-11(15(8-10)25-2)14-4-3-7-20(14)16(21)12-9-13(17(22)23)19-18-12/h5-6,8-9,14H,3-4,7H2,1-2H3,(H,18,19)(H,22,23). The van der Waals surface area contributed by atoms with Crippen molar-refractivity contribution in [1.29, 1.82) is 0 Å². The first-order chi connectivity index (χ1) is 12.0. The highest BCUT2D eigenvalue weighted by Crippen LogP contribution is 2.39. The van der Waals surface area contributed by atoms with Crippen molar-refractivity contribution in [2.45, 2.75) is 18.9 Å². The fraction of sp³-hybridized carbons (Fsp3) is 0.353. The highest BCUT2D eigenvalue weighted by molar-refractivity contribution is 5.95. The Balaban J connectivity index is 1.89. The molecule has 2 N–H and O–H groups in total. The molecule has 1 aromatic carbocycles. The summed E-state index contributed by atoms with van der Waals surface area (Å²) in [5.74, 6) is -0.127. The number of rotatable bonds is 5. The van der Waals surface area contributed by atoms with Gasteiger partial charge in [0.25, 0.3) is 5.91 Å². The first-order valence-corrected chi connectivity index (χ1v) is 7.86. The normalized spacial score (nSPS) is 16.7. The van der Waals surface area contributed by atoms with Crippen LogP contribution in [-0.2, 0) is 0 Å². The summed E-state index contributed by atoms with van der Waals surface area (Å²) in [6.07, 6.45) is 1.65. The molecule has 0 spiro atoms. The van der Waals surface area contributed by atoms with E-state index in [0.29, 0.717) is 18.0 Å². The van der Waals surface area contributed by atoms with E-state index >= 15 is 0 Å². The first-order valence-electron chi connectivity index (χ1n) is 7.86. The van der Waals surface area contributed by atoms with Crippen LogP contribution in [0.2, 0.25) is 0 Å². The molecule has 1 unspecified atom stereocenters. The van der Waals surface area contributed by atoms with Crippen LogP contribution in [0.1, 0.15) is 45.4 Å². The first kappa shape index (κ1) is 16.8. The van der Waals surface area contributed by atoms with E-state index in [4.69, 9.17) is 14.6 Å². The van der Waals surface area contributed by atoms with Gasteiger partial charge < -0.3 is 19.5 Å². The van der Waals surface area contributed by atoms with Crippen LogP contribution >= 0.6 is 0 Å². The van der Waals surface area contributed by atoms with Gasteiger partial charge in [-0.05, 0) is 25.0 Å². The van der Waals surface area contributed by atoms with Crippen molar-refractivity contribution in [3.8, 4) is 11.5 Å². The Morgan fingerprint density at radius 3 is 2.72 bits per heavy atom. The van der Waals surface area contributed by atoms with Crippen LogP contribution in [0.4, 0.5) is 0 Å². The number of amides is 1. The maximum atomic E-state index is 12.8. The lowest BCUT2D eigenvalue weighted by Crippen LogP contribution is -2.31. The van der Waals surface area contributed by atoms with Crippen LogP contribution in [0.15, 0.2) is 24.3 Å². The number of ether oxygens (including phenoxy) is 2. The second kappa shape index (κ2) is 6.84. The van der Waals surface area contributed by atoms with Crippen molar-refractivity contribution in [2.24, 2.45) is 0 Å². The minimum absolute atomic E-state index is 0.0942. The van der Waals surface area contributed by atoms with Gasteiger partial charge in [-0.2, -0.15) is 5.10 Å². The summed E-state index contributed by atoms with van der Waals surface area (Å²) in [6.45, 7) is 0.577. The molecule has 0 radical (unpaired) electrons. The summed E-state index contributed by atoms with van der Waals surface area (Å²) in [5, 5.41) is 15.2. The molecule has 1 fully saturated rings. The van der Waals surface area contributed by atoms with Crippen molar-refractivity contribution < 1.29 is 24.2 Å². The fourth-order valence-electron chi connectivity index (χ4n) is 3.11. The Morgan fingerprint density at radius 1 is 1.28 bits per heavy atom. The number of aromatic carboxylic acids is 1. The van der Waals surface area contributed by atoms with Crippen LogP contribution in [-0.4, -0.2) is 52.8 Å². The number of methoxy groups -OCH3 is 2. The lowest BCUT2D eigenvalue weighted by Gasteiger charge is -2.26. The van der Waals surface area contributed by atoms with Gasteiger partial charge in [0.2, 0.25) is 0 Å². The van der Waals surface area contributed by atoms with E-state index in [-0.39, 0.29) is 23.3 Å². The summed E-state index contributed by atoms with van der Waals surface area (Å²) >= 11 is 0. The van der Waals surface area contributed by atoms with Gasteiger partial charge >= 0.3 is 5.97 Å². The van der Waals surface area contributed by atoms with Gasteiger partial charge in [-0.1, -0.05) is 0 Å². The van der Waals surface area contributed by atoms with Crippen molar-refractivity contribution in [1.82, 2.24) is 15.1 Å². The molecule has 8 heteroatoms. The SMILES string of the molecule is COc1ccc(C2CCCN2C(=O)c2cc(C(=O)O)[nH]n2)c(OC)c1. The predicted octanol–water partition coefficient (Wildman–Crippen LogP) is 2.10. The van der Waals surface area contributed by atoms with Gasteiger partial charge in [-0.25, -0.2) is 4.79 Å². The maximum absolute atomic E-state index is 12.8. The molecule has 1 aliphatic rings. The number of likely N-dealkylation sites (tertiary alicyclic amines) is 1. The second-order valence-electron chi connectivity index (χ2n) is 5.74. The van der Waals surface area contributed by atoms with E-state index in [1.54, 1.807) is 25.2 Å². The van der Waals surface area contributed by atoms with Gasteiger partial charge in [0.1, 0.15) is 17.2 Å². The average molecular weight is 345 g/mol. The molecule has 8 nitrogen and oxygen atoms in total. The molecule has 1 atom stereocenters. The van der Waals surface area contributed by atoms with Gasteiger partial charge in [0, 0.05) is 24.2 Å². The predicted molar refractivity (Wildman–Crippen MR) is 88.1 cm³/mol. The fourth-order valence-corrected chi connectivity index (χ4v) is 3.11. The average Bonchev–Trinajstić information content (AvgIpc) is 3.30. The minimum atomic E-state index is -1.15. The molecule has 1 aliphatic heterocycles. The largest absolute Gasteiger partial charge is 0.497 e. The van der Waals surface area contributed by atoms with E-state index < -0.39 is 5.97 Å². The molecule has 2 heterocycles. The second-order valence-corrected chi connectivity index (χ2v) is 5.74. The third-order valence-electron chi connectivity index (χ3n) is 4.34. The number of nitrogens with one attached hydrogen (secondary N) is 1. The number of aromatic nitrogens is 2. The highest BCUT2D eigenvalue weighted by Gasteiger charge is 2.33. The number of hydrogen-bond donors (Lipinski definition) is 2. The zero-order valence-corrected chi connectivity index (χ0v) is 14.0. The highest BCUT2D eigenvalue weighted by atomic mass is 16.5. The summed E-state index contributed by atoms with van der Waals surface area (Å²) < 4.78 is 10.7. The lowest BCUT2D eigenvalue weighted by atomic mass is 10.0. The smallest absolute Gasteiger partial charge is 0.353 e. The number of aromatic amines is 1. The summed E-state index contributed by atoms with van der Waals surface area (Å²) in [4.78, 5) is 25.4. The molecule has 25 heavy (non-hydrogen) atoms. The number of carboxylic acid groups (broad SMARTS) is 1. The molecule has 0 bridgehead atoms. The van der Waals surface area contributed by atoms with E-state index in [9.17, 15) is 9.59 Å². The van der Waals surface area contributed by atoms with Crippen LogP contribution in [0.5, 0.6) is 11.5 Å². The Hall–Kier alpha value is -3.03. The number of nitrogens with zero attached hydrogens (tertiary/aromatic N) is 2. The van der Waals surface area contributed by atoms with Crippen molar-refractivity contribution in [3.05, 3.63) is 41.2 Å². The van der Waals surface area contributed by atoms with E-state index in [1.807, 2.05) is 12.1 Å². The van der Waals surface area contributed by atoms with Crippen molar-refractivity contribution in [2.75, 3.05) is 20.8 Å². The summed E-state index contributed by atoms with van der Waals surface area (Å²) in [6, 6.07) is 6.61. The minimum Gasteiger partial charge on any atom is -0.497 e. The van der Waals surface area contributed by atoms with Gasteiger partial charge in [0.05, 0.1) is 20.3 Å². The lowest BCUT2D eigenvalue weighted by molar-refractivity contribution is 0.0689. The molecular weight excluding hydrogens is 326 g/mol. The van der Waals surface area contributed by atoms with Gasteiger partial charge in [0.15, 0.2) is 5.69 Å². The zero-order chi connectivity index (χ0) is 18.0. The number of carbonyl (C=O) groups excluding carboxylic acids is 1. The number of H-pyrrole nitrogens is 1. The van der Waals surface area contributed by atoms with Crippen LogP contribution < -0.4 is 9.47 Å². The molecule has 2 aromatic rings. The molecule has 0 aliphatic carbocycles. The topological polar surface area (TPSA) is 105 Å². The van der Waals surface area contributed by atoms with E-state index in [1.165, 1.54) is 6.07 Å². The van der Waals surface area contributed by atoms with Crippen LogP contribution in [0, 0.1) is 0 Å². The number of carboxylic acids is 1. The van der Waals surface area contributed by atoms with Gasteiger partial charge in [-0.15, -0.1) is 0 Å². The van der Waals surface area contributed by atoms with Crippen molar-refractivity contribution >= 4 is 11.9 Å². The molecular formula is C17H19N3O5. The summed E-state index contributed by atoms with van der Waals surface area (Å²) in [7, 11) is 3.16. The third-order valence-corrected chi connectivity index (χ3v) is 4.34. The molecule has 1 amide bonds. The Morgan fingerprint density at radius 2 is 2.08 bits per heavy atom. The number of benzene rings is 1. The van der Waals surface area contributed by atoms with Gasteiger partial charge in [-0.3, -0.25) is 9.89 Å². The van der Waals surface area contributed by atoms with E-state index in [2.05, 4.69) is 10.2 Å². The van der Waals surface area contributed by atoms with Crippen LogP contribution in [0.3, 0.4) is 0 Å². The Labute approximate surface area is 144 Å². The van der Waals surface area contributed by atoms with Crippen molar-refractivity contribution in [3.63, 3.8) is 0 Å². The Kier molecular flexibility index (Phi) is 4.60. The molecule has 1 saturated heterocycles. The molecule has 132 valence electrons. The van der Waals surface area contributed by atoms with Crippen LogP contribution in [0.25, 0.3) is 0 Å².